The molecule has 1 aliphatic carbocycles. The minimum Gasteiger partial charge on any atom is -0.256 e. The Morgan fingerprint density at radius 3 is 2.93 bits per heavy atom. The molecule has 0 aromatic carbocycles. The fourth-order valence-corrected chi connectivity index (χ4v) is 2.00. The van der Waals surface area contributed by atoms with Gasteiger partial charge in [0.2, 0.25) is 0 Å². The summed E-state index contributed by atoms with van der Waals surface area (Å²) in [6, 6.07) is 4.14. The van der Waals surface area contributed by atoms with Crippen molar-refractivity contribution >= 4 is 5.57 Å². The van der Waals surface area contributed by atoms with Gasteiger partial charge in [-0.05, 0) is 49.3 Å². The molecule has 0 aliphatic heterocycles. The third-order valence-electron chi connectivity index (χ3n) is 2.99. The summed E-state index contributed by atoms with van der Waals surface area (Å²) >= 11 is 0. The van der Waals surface area contributed by atoms with Gasteiger partial charge >= 0.3 is 0 Å². The van der Waals surface area contributed by atoms with Crippen molar-refractivity contribution in [3.63, 3.8) is 0 Å². The van der Waals surface area contributed by atoms with Gasteiger partial charge in [0.1, 0.15) is 0 Å². The maximum atomic E-state index is 4.46. The summed E-state index contributed by atoms with van der Waals surface area (Å²) in [5.41, 5.74) is 3.95. The van der Waals surface area contributed by atoms with Crippen LogP contribution >= 0.6 is 0 Å². The first-order valence-corrected chi connectivity index (χ1v) is 5.38. The van der Waals surface area contributed by atoms with Crippen molar-refractivity contribution in [2.24, 2.45) is 5.92 Å². The Labute approximate surface area is 85.9 Å². The Hall–Kier alpha value is -1.11. The molecule has 14 heavy (non-hydrogen) atoms. The lowest BCUT2D eigenvalue weighted by molar-refractivity contribution is 0.533. The van der Waals surface area contributed by atoms with Crippen molar-refractivity contribution in [1.82, 2.24) is 4.98 Å². The van der Waals surface area contributed by atoms with Crippen LogP contribution in [0.25, 0.3) is 5.57 Å². The fraction of sp³-hybridized carbons (Fsp3) is 0.462. The Kier molecular flexibility index (Phi) is 2.67. The number of pyridine rings is 1. The summed E-state index contributed by atoms with van der Waals surface area (Å²) < 4.78 is 0. The van der Waals surface area contributed by atoms with E-state index < -0.39 is 0 Å². The van der Waals surface area contributed by atoms with Crippen LogP contribution in [0.4, 0.5) is 0 Å². The van der Waals surface area contributed by atoms with E-state index in [1.54, 1.807) is 0 Å². The second kappa shape index (κ2) is 3.95. The molecule has 0 radical (unpaired) electrons. The first-order valence-electron chi connectivity index (χ1n) is 5.38. The smallest absolute Gasteiger partial charge is 0.0687 e. The summed E-state index contributed by atoms with van der Waals surface area (Å²) in [5.74, 6) is 0.850. The van der Waals surface area contributed by atoms with Crippen molar-refractivity contribution in [3.05, 3.63) is 35.7 Å². The summed E-state index contributed by atoms with van der Waals surface area (Å²) in [6.07, 6.45) is 7.97. The SMILES string of the molecule is Cc1cccnc1C1=CCC(C)CC1. The number of aryl methyl sites for hydroxylation is 1. The highest BCUT2D eigenvalue weighted by atomic mass is 14.7. The van der Waals surface area contributed by atoms with E-state index in [1.807, 2.05) is 12.3 Å². The summed E-state index contributed by atoms with van der Waals surface area (Å²) in [5, 5.41) is 0. The Bertz CT molecular complexity index is 352. The molecule has 1 aromatic rings. The minimum atomic E-state index is 0.850. The van der Waals surface area contributed by atoms with Crippen molar-refractivity contribution < 1.29 is 0 Å². The monoisotopic (exact) mass is 187 g/mol. The lowest BCUT2D eigenvalue weighted by Crippen LogP contribution is -2.03. The molecule has 0 bridgehead atoms. The zero-order valence-corrected chi connectivity index (χ0v) is 8.96. The third kappa shape index (κ3) is 1.87. The van der Waals surface area contributed by atoms with Gasteiger partial charge in [0, 0.05) is 6.20 Å². The third-order valence-corrected chi connectivity index (χ3v) is 2.99. The van der Waals surface area contributed by atoms with Crippen LogP contribution in [0.5, 0.6) is 0 Å². The van der Waals surface area contributed by atoms with E-state index in [1.165, 1.54) is 36.1 Å². The van der Waals surface area contributed by atoms with Crippen LogP contribution in [0.1, 0.15) is 37.4 Å². The maximum absolute atomic E-state index is 4.46. The number of nitrogens with zero attached hydrogens (tertiary/aromatic N) is 1. The van der Waals surface area contributed by atoms with E-state index in [2.05, 4.69) is 31.0 Å². The van der Waals surface area contributed by atoms with Crippen LogP contribution in [0.3, 0.4) is 0 Å². The van der Waals surface area contributed by atoms with E-state index >= 15 is 0 Å². The zero-order chi connectivity index (χ0) is 9.97. The molecule has 1 heterocycles. The summed E-state index contributed by atoms with van der Waals surface area (Å²) in [6.45, 7) is 4.46. The van der Waals surface area contributed by atoms with E-state index in [-0.39, 0.29) is 0 Å². The van der Waals surface area contributed by atoms with Gasteiger partial charge in [0.05, 0.1) is 5.69 Å². The van der Waals surface area contributed by atoms with Crippen LogP contribution in [0, 0.1) is 12.8 Å². The molecule has 1 heteroatoms. The summed E-state index contributed by atoms with van der Waals surface area (Å²) in [7, 11) is 0. The molecule has 1 atom stereocenters. The van der Waals surface area contributed by atoms with Crippen molar-refractivity contribution in [2.75, 3.05) is 0 Å². The van der Waals surface area contributed by atoms with Crippen LogP contribution in [0.2, 0.25) is 0 Å². The second-order valence-electron chi connectivity index (χ2n) is 4.28. The Balaban J connectivity index is 2.28. The van der Waals surface area contributed by atoms with Gasteiger partial charge in [-0.3, -0.25) is 4.98 Å². The molecular weight excluding hydrogens is 170 g/mol. The normalized spacial score (nSPS) is 21.9. The molecule has 0 N–H and O–H groups in total. The maximum Gasteiger partial charge on any atom is 0.0687 e. The molecule has 1 aromatic heterocycles. The quantitative estimate of drug-likeness (QED) is 0.654. The van der Waals surface area contributed by atoms with Gasteiger partial charge in [-0.25, -0.2) is 0 Å². The molecule has 0 fully saturated rings. The van der Waals surface area contributed by atoms with Crippen LogP contribution in [-0.4, -0.2) is 4.98 Å². The van der Waals surface area contributed by atoms with Gasteiger partial charge in [0.25, 0.3) is 0 Å². The zero-order valence-electron chi connectivity index (χ0n) is 8.96. The standard InChI is InChI=1S/C13H17N/c1-10-5-7-12(8-6-10)13-11(2)4-3-9-14-13/h3-4,7,9-10H,5-6,8H2,1-2H3. The molecule has 1 nitrogen and oxygen atoms in total. The predicted octanol–water partition coefficient (Wildman–Crippen LogP) is 3.59. The topological polar surface area (TPSA) is 12.9 Å². The molecule has 0 saturated heterocycles. The van der Waals surface area contributed by atoms with Crippen molar-refractivity contribution in [3.8, 4) is 0 Å². The lowest BCUT2D eigenvalue weighted by atomic mass is 9.88. The number of aromatic nitrogens is 1. The average Bonchev–Trinajstić information content (AvgIpc) is 2.20. The lowest BCUT2D eigenvalue weighted by Gasteiger charge is -2.18. The van der Waals surface area contributed by atoms with Gasteiger partial charge in [0.15, 0.2) is 0 Å². The highest BCUT2D eigenvalue weighted by Crippen LogP contribution is 2.29. The average molecular weight is 187 g/mol. The van der Waals surface area contributed by atoms with Crippen LogP contribution in [-0.2, 0) is 0 Å². The Morgan fingerprint density at radius 1 is 1.43 bits per heavy atom. The van der Waals surface area contributed by atoms with E-state index in [9.17, 15) is 0 Å². The van der Waals surface area contributed by atoms with E-state index in [0.29, 0.717) is 0 Å². The first-order chi connectivity index (χ1) is 6.77. The number of hydrogen-bond donors (Lipinski definition) is 0. The van der Waals surface area contributed by atoms with Crippen LogP contribution < -0.4 is 0 Å². The van der Waals surface area contributed by atoms with E-state index in [4.69, 9.17) is 0 Å². The molecule has 1 unspecified atom stereocenters. The molecular formula is C13H17N. The summed E-state index contributed by atoms with van der Waals surface area (Å²) in [4.78, 5) is 4.46. The van der Waals surface area contributed by atoms with Gasteiger partial charge in [-0.1, -0.05) is 19.1 Å². The highest BCUT2D eigenvalue weighted by molar-refractivity contribution is 5.65. The molecule has 2 rings (SSSR count). The van der Waals surface area contributed by atoms with Gasteiger partial charge in [-0.2, -0.15) is 0 Å². The molecule has 74 valence electrons. The highest BCUT2D eigenvalue weighted by Gasteiger charge is 2.13. The predicted molar refractivity (Wildman–Crippen MR) is 60.0 cm³/mol. The van der Waals surface area contributed by atoms with Crippen molar-refractivity contribution in [2.45, 2.75) is 33.1 Å². The van der Waals surface area contributed by atoms with Gasteiger partial charge in [-0.15, -0.1) is 0 Å². The molecule has 0 amide bonds. The minimum absolute atomic E-state index is 0.850. The number of allylic oxidation sites excluding steroid dienone is 2. The molecule has 1 aliphatic rings. The van der Waals surface area contributed by atoms with Crippen molar-refractivity contribution in [1.29, 1.82) is 0 Å². The Morgan fingerprint density at radius 2 is 2.29 bits per heavy atom. The molecule has 0 saturated carbocycles. The molecule has 0 spiro atoms. The van der Waals surface area contributed by atoms with Crippen LogP contribution in [0.15, 0.2) is 24.4 Å². The largest absolute Gasteiger partial charge is 0.256 e. The van der Waals surface area contributed by atoms with E-state index in [0.717, 1.165) is 5.92 Å². The number of hydrogen-bond acceptors (Lipinski definition) is 1. The fourth-order valence-electron chi connectivity index (χ4n) is 2.00. The second-order valence-corrected chi connectivity index (χ2v) is 4.28. The first kappa shape index (κ1) is 9.45. The number of rotatable bonds is 1. The van der Waals surface area contributed by atoms with Gasteiger partial charge < -0.3 is 0 Å².